The van der Waals surface area contributed by atoms with Gasteiger partial charge in [0, 0.05) is 42.7 Å². The third-order valence-electron chi connectivity index (χ3n) is 2.67. The molecule has 0 saturated heterocycles. The van der Waals surface area contributed by atoms with E-state index in [1.165, 1.54) is 45.6 Å². The van der Waals surface area contributed by atoms with E-state index >= 15 is 0 Å². The van der Waals surface area contributed by atoms with Crippen LogP contribution in [0.4, 0.5) is 8.78 Å². The Labute approximate surface area is 179 Å². The molecule has 6 nitrogen and oxygen atoms in total. The third kappa shape index (κ3) is 9.85. The van der Waals surface area contributed by atoms with Crippen LogP contribution in [0, 0.1) is 19.3 Å². The fourth-order valence-corrected chi connectivity index (χ4v) is 1.42. The third-order valence-corrected chi connectivity index (χ3v) is 2.67. The molecule has 2 aromatic rings. The van der Waals surface area contributed by atoms with E-state index in [1.54, 1.807) is 0 Å². The first-order valence-electron chi connectivity index (χ1n) is 6.41. The summed E-state index contributed by atoms with van der Waals surface area (Å²) < 4.78 is 24.8. The van der Waals surface area contributed by atoms with E-state index < -0.39 is 17.8 Å². The van der Waals surface area contributed by atoms with E-state index in [2.05, 4.69) is 14.8 Å². The predicted molar refractivity (Wildman–Crippen MR) is 101 cm³/mol. The van der Waals surface area contributed by atoms with Crippen molar-refractivity contribution in [2.45, 2.75) is 6.92 Å². The molecule has 0 aliphatic heterocycles. The van der Waals surface area contributed by atoms with Crippen LogP contribution >= 0.6 is 17.0 Å². The molecule has 2 heterocycles. The number of pyridine rings is 2. The van der Waals surface area contributed by atoms with E-state index in [0.29, 0.717) is 5.56 Å². The summed E-state index contributed by atoms with van der Waals surface area (Å²) in [6, 6.07) is 5.06. The molecule has 26 heavy (non-hydrogen) atoms. The molecule has 0 N–H and O–H groups in total. The van der Waals surface area contributed by atoms with Gasteiger partial charge in [0.25, 0.3) is 5.91 Å². The van der Waals surface area contributed by atoms with Crippen molar-refractivity contribution in [3.8, 4) is 0 Å². The number of Topliss-reactive ketones (excluding diaryl/α,β-unsaturated/α-hetero) is 1. The van der Waals surface area contributed by atoms with Crippen molar-refractivity contribution >= 4 is 51.7 Å². The van der Waals surface area contributed by atoms with Crippen LogP contribution in [0.3, 0.4) is 0 Å². The average Bonchev–Trinajstić information content (AvgIpc) is 2.54. The van der Waals surface area contributed by atoms with Crippen LogP contribution in [0.15, 0.2) is 36.7 Å². The molecule has 0 spiro atoms. The fraction of sp³-hybridized carbons (Fsp3) is 0.188. The summed E-state index contributed by atoms with van der Waals surface area (Å²) in [7, 11) is 2.80. The average molecular weight is 445 g/mol. The van der Waals surface area contributed by atoms with Crippen molar-refractivity contribution in [3.05, 3.63) is 67.1 Å². The summed E-state index contributed by atoms with van der Waals surface area (Å²) >= 11 is 0. The number of nitrogens with zero attached hydrogens (tertiary/aromatic N) is 3. The quantitative estimate of drug-likeness (QED) is 0.239. The summed E-state index contributed by atoms with van der Waals surface area (Å²) in [4.78, 5) is 33.2. The second-order valence-corrected chi connectivity index (χ2v) is 4.28. The smallest absolute Gasteiger partial charge is 1.00 e. The normalized spacial score (nSPS) is 8.50. The summed E-state index contributed by atoms with van der Waals surface area (Å²) in [5.74, 6) is -1.87. The van der Waals surface area contributed by atoms with Gasteiger partial charge in [-0.15, -0.1) is 17.0 Å². The number of halogens is 3. The number of aromatic nitrogens is 2. The van der Waals surface area contributed by atoms with Gasteiger partial charge in [-0.05, 0) is 19.1 Å². The molecule has 0 radical (unpaired) electrons. The first-order valence-corrected chi connectivity index (χ1v) is 6.41. The number of carbonyl (C=O) groups excluding carboxylic acids is 2. The fourth-order valence-electron chi connectivity index (χ4n) is 1.42. The van der Waals surface area contributed by atoms with Crippen LogP contribution < -0.4 is 0 Å². The Balaban J connectivity index is -0.000000174. The van der Waals surface area contributed by atoms with Crippen LogP contribution in [0.5, 0.6) is 0 Å². The number of amides is 1. The van der Waals surface area contributed by atoms with Crippen molar-refractivity contribution in [2.24, 2.45) is 0 Å². The number of carbonyl (C=O) groups is 2. The molecule has 0 bridgehead atoms. The molecular formula is C16H20BrF2MgN3O3. The molecule has 140 valence electrons. The van der Waals surface area contributed by atoms with E-state index in [4.69, 9.17) is 0 Å². The number of hydrogen-bond acceptors (Lipinski definition) is 5. The van der Waals surface area contributed by atoms with Gasteiger partial charge in [0.1, 0.15) is 0 Å². The Bertz CT molecular complexity index is 714. The molecule has 0 fully saturated rings. The van der Waals surface area contributed by atoms with Crippen molar-refractivity contribution in [1.82, 2.24) is 15.0 Å². The summed E-state index contributed by atoms with van der Waals surface area (Å²) in [6.45, 7) is 1.38. The van der Waals surface area contributed by atoms with Crippen molar-refractivity contribution in [1.29, 1.82) is 0 Å². The Morgan fingerprint density at radius 1 is 1.08 bits per heavy atom. The SMILES string of the molecule is Br.CC(=O)c1ccnc(F)c1.CON(C)C(=O)c1ccnc(F)c1.[CH3-].[H-].[Mg+2]. The Morgan fingerprint density at radius 3 is 1.85 bits per heavy atom. The maximum absolute atomic E-state index is 12.6. The van der Waals surface area contributed by atoms with Gasteiger partial charge in [-0.1, -0.05) is 0 Å². The molecule has 2 rings (SSSR count). The second kappa shape index (κ2) is 14.7. The molecule has 0 saturated carbocycles. The molecule has 0 atom stereocenters. The largest absolute Gasteiger partial charge is 2.00 e. The van der Waals surface area contributed by atoms with Crippen LogP contribution in [0.25, 0.3) is 0 Å². The van der Waals surface area contributed by atoms with Crippen molar-refractivity contribution in [3.63, 3.8) is 0 Å². The number of hydrogen-bond donors (Lipinski definition) is 0. The van der Waals surface area contributed by atoms with Crippen LogP contribution in [0.2, 0.25) is 0 Å². The number of hydroxylamine groups is 2. The number of rotatable bonds is 3. The first kappa shape index (κ1) is 29.3. The van der Waals surface area contributed by atoms with Gasteiger partial charge >= 0.3 is 23.1 Å². The maximum Gasteiger partial charge on any atom is 2.00 e. The van der Waals surface area contributed by atoms with E-state index in [0.717, 1.165) is 17.2 Å². The molecule has 2 aromatic heterocycles. The zero-order valence-corrected chi connectivity index (χ0v) is 18.0. The summed E-state index contributed by atoms with van der Waals surface area (Å²) in [6.07, 6.45) is 2.50. The van der Waals surface area contributed by atoms with E-state index in [-0.39, 0.29) is 60.2 Å². The Kier molecular flexibility index (Phi) is 16.5. The van der Waals surface area contributed by atoms with Crippen LogP contribution in [-0.2, 0) is 4.84 Å². The minimum absolute atomic E-state index is 0. The second-order valence-electron chi connectivity index (χ2n) is 4.28. The maximum atomic E-state index is 12.6. The minimum Gasteiger partial charge on any atom is -1.00 e. The molecule has 0 aliphatic carbocycles. The predicted octanol–water partition coefficient (Wildman–Crippen LogP) is 3.04. The Hall–Kier alpha value is -1.49. The van der Waals surface area contributed by atoms with Gasteiger partial charge in [0.05, 0.1) is 7.11 Å². The Morgan fingerprint density at radius 2 is 1.50 bits per heavy atom. The summed E-state index contributed by atoms with van der Waals surface area (Å²) in [5, 5.41) is 1.01. The minimum atomic E-state index is -0.685. The zero-order chi connectivity index (χ0) is 17.4. The standard InChI is InChI=1S/C8H9FN2O2.C7H6FNO.CH3.BrH.Mg.H/c1-11(13-2)8(12)6-3-4-10-7(9)5-6;1-5(10)6-2-3-9-7(8)4-6;;;;/h3-5H,1-2H3;2-4H,1H3;1H3;1H;;/q;;-1;;+2;-1. The van der Waals surface area contributed by atoms with Crippen LogP contribution in [0.1, 0.15) is 29.1 Å². The summed E-state index contributed by atoms with van der Waals surface area (Å²) in [5.41, 5.74) is 0.560. The zero-order valence-electron chi connectivity index (χ0n) is 15.9. The van der Waals surface area contributed by atoms with Gasteiger partial charge in [-0.3, -0.25) is 14.4 Å². The van der Waals surface area contributed by atoms with Gasteiger partial charge in [0.15, 0.2) is 5.78 Å². The molecular weight excluding hydrogens is 424 g/mol. The van der Waals surface area contributed by atoms with Crippen molar-refractivity contribution < 1.29 is 24.6 Å². The molecule has 0 aromatic carbocycles. The van der Waals surface area contributed by atoms with Crippen LogP contribution in [-0.4, -0.2) is 63.9 Å². The number of ketones is 1. The molecule has 1 amide bonds. The molecule has 0 unspecified atom stereocenters. The monoisotopic (exact) mass is 443 g/mol. The first-order chi connectivity index (χ1) is 10.8. The van der Waals surface area contributed by atoms with E-state index in [1.807, 2.05) is 0 Å². The topological polar surface area (TPSA) is 72.4 Å². The van der Waals surface area contributed by atoms with E-state index in [9.17, 15) is 18.4 Å². The van der Waals surface area contributed by atoms with Gasteiger partial charge < -0.3 is 8.85 Å². The van der Waals surface area contributed by atoms with Gasteiger partial charge in [-0.2, -0.15) is 8.78 Å². The van der Waals surface area contributed by atoms with Crippen molar-refractivity contribution in [2.75, 3.05) is 14.2 Å². The molecule has 0 aliphatic rings. The van der Waals surface area contributed by atoms with Gasteiger partial charge in [-0.25, -0.2) is 15.0 Å². The molecule has 10 heteroatoms. The van der Waals surface area contributed by atoms with Gasteiger partial charge in [0.2, 0.25) is 11.9 Å².